The van der Waals surface area contributed by atoms with Crippen molar-refractivity contribution in [1.29, 1.82) is 0 Å². The van der Waals surface area contributed by atoms with Gasteiger partial charge in [-0.3, -0.25) is 0 Å². The predicted octanol–water partition coefficient (Wildman–Crippen LogP) is 6.21. The van der Waals surface area contributed by atoms with E-state index in [4.69, 9.17) is 14.2 Å². The highest BCUT2D eigenvalue weighted by Crippen LogP contribution is 2.37. The van der Waals surface area contributed by atoms with Crippen molar-refractivity contribution in [3.05, 3.63) is 44.1 Å². The molecule has 0 aliphatic rings. The molecule has 7 nitrogen and oxygen atoms in total. The Morgan fingerprint density at radius 2 is 1.53 bits per heavy atom. The first-order valence-corrected chi connectivity index (χ1v) is 13.5. The van der Waals surface area contributed by atoms with Crippen LogP contribution in [-0.4, -0.2) is 35.9 Å². The van der Waals surface area contributed by atoms with Gasteiger partial charge in [-0.25, -0.2) is 9.59 Å². The average molecular weight is 891 g/mol. The van der Waals surface area contributed by atoms with E-state index in [0.29, 0.717) is 18.6 Å². The summed E-state index contributed by atoms with van der Waals surface area (Å²) in [6.07, 6.45) is -0.457. The van der Waals surface area contributed by atoms with E-state index in [1.165, 1.54) is 7.11 Å². The summed E-state index contributed by atoms with van der Waals surface area (Å²) >= 11 is 8.44. The second kappa shape index (κ2) is 11.9. The summed E-state index contributed by atoms with van der Waals surface area (Å²) in [4.78, 5) is 24.4. The largest absolute Gasteiger partial charge is 0.506 e. The van der Waals surface area contributed by atoms with Crippen molar-refractivity contribution < 1.29 is 28.9 Å². The van der Waals surface area contributed by atoms with Crippen molar-refractivity contribution in [3.8, 4) is 17.2 Å². The molecule has 0 radical (unpaired) electrons. The van der Waals surface area contributed by atoms with Gasteiger partial charge in [0.15, 0.2) is 5.75 Å². The van der Waals surface area contributed by atoms with E-state index in [-0.39, 0.29) is 12.2 Å². The number of hydrogen-bond donors (Lipinski definition) is 2. The first kappa shape index (κ1) is 27.9. The molecule has 2 aromatic rings. The lowest BCUT2D eigenvalue weighted by molar-refractivity contribution is -0.143. The molecule has 2 rings (SSSR count). The first-order chi connectivity index (χ1) is 14.8. The van der Waals surface area contributed by atoms with Gasteiger partial charge >= 0.3 is 12.1 Å². The Bertz CT molecular complexity index is 976. The van der Waals surface area contributed by atoms with Gasteiger partial charge in [-0.1, -0.05) is 0 Å². The minimum Gasteiger partial charge on any atom is -0.506 e. The van der Waals surface area contributed by atoms with E-state index in [9.17, 15) is 14.7 Å². The molecule has 0 aliphatic carbocycles. The normalized spacial score (nSPS) is 12.1. The summed E-state index contributed by atoms with van der Waals surface area (Å²) in [6, 6.07) is 6.41. The minimum absolute atomic E-state index is 0.227. The van der Waals surface area contributed by atoms with Crippen molar-refractivity contribution >= 4 is 102 Å². The van der Waals surface area contributed by atoms with Crippen LogP contribution in [0, 0.1) is 14.3 Å². The lowest BCUT2D eigenvalue weighted by Gasteiger charge is -2.23. The third-order valence-corrected chi connectivity index (χ3v) is 7.13. The van der Waals surface area contributed by atoms with Gasteiger partial charge in [-0.2, -0.15) is 0 Å². The maximum Gasteiger partial charge on any atom is 0.408 e. The van der Waals surface area contributed by atoms with Gasteiger partial charge in [0.25, 0.3) is 0 Å². The lowest BCUT2D eigenvalue weighted by Crippen LogP contribution is -2.45. The van der Waals surface area contributed by atoms with Crippen molar-refractivity contribution in [2.75, 3.05) is 7.11 Å². The maximum absolute atomic E-state index is 12.2. The predicted molar refractivity (Wildman–Crippen MR) is 154 cm³/mol. The number of rotatable bonds is 6. The molecule has 32 heavy (non-hydrogen) atoms. The Labute approximate surface area is 241 Å². The molecule has 0 saturated carbocycles. The number of esters is 1. The number of alkyl carbamates (subject to hydrolysis) is 1. The molecular formula is C21H21I4NO6. The Kier molecular flexibility index (Phi) is 10.4. The standard InChI is InChI=1S/C21H21I4NO6/c1-21(2,3)32-20(29)26-16(19(28)30-4)7-10-5-14(24)18(15(25)6-10)31-11-8-12(22)17(27)13(23)9-11/h5-6,8-9,16,27H,7H2,1-4H3,(H,26,29)/t16-/m0/s1. The monoisotopic (exact) mass is 891 g/mol. The number of aromatic hydroxyl groups is 1. The molecule has 0 fully saturated rings. The number of carbonyl (C=O) groups excluding carboxylic acids is 2. The second-order valence-electron chi connectivity index (χ2n) is 7.65. The summed E-state index contributed by atoms with van der Waals surface area (Å²) in [7, 11) is 1.27. The highest BCUT2D eigenvalue weighted by molar-refractivity contribution is 14.1. The fraction of sp³-hybridized carbons (Fsp3) is 0.333. The van der Waals surface area contributed by atoms with E-state index in [1.54, 1.807) is 32.9 Å². The molecule has 0 spiro atoms. The van der Waals surface area contributed by atoms with Crippen molar-refractivity contribution in [2.45, 2.75) is 38.8 Å². The maximum atomic E-state index is 12.2. The number of halogens is 4. The van der Waals surface area contributed by atoms with E-state index in [2.05, 4.69) is 95.7 Å². The number of nitrogens with one attached hydrogen (secondary N) is 1. The Morgan fingerprint density at radius 3 is 2.00 bits per heavy atom. The summed E-state index contributed by atoms with van der Waals surface area (Å²) < 4.78 is 19.3. The molecule has 2 N–H and O–H groups in total. The number of phenols is 1. The van der Waals surface area contributed by atoms with Crippen LogP contribution < -0.4 is 10.1 Å². The zero-order valence-electron chi connectivity index (χ0n) is 17.6. The number of phenolic OH excluding ortho intramolecular Hbond substituents is 1. The highest BCUT2D eigenvalue weighted by Gasteiger charge is 2.26. The van der Waals surface area contributed by atoms with Crippen LogP contribution in [0.4, 0.5) is 4.79 Å². The first-order valence-electron chi connectivity index (χ1n) is 9.22. The third-order valence-electron chi connectivity index (χ3n) is 3.88. The Balaban J connectivity index is 2.25. The fourth-order valence-electron chi connectivity index (χ4n) is 2.57. The van der Waals surface area contributed by atoms with Crippen LogP contribution in [0.5, 0.6) is 17.2 Å². The molecule has 0 aromatic heterocycles. The molecule has 11 heteroatoms. The van der Waals surface area contributed by atoms with Gasteiger partial charge in [0, 0.05) is 6.42 Å². The second-order valence-corrected chi connectivity index (χ2v) is 12.3. The van der Waals surface area contributed by atoms with Crippen LogP contribution >= 0.6 is 90.4 Å². The van der Waals surface area contributed by atoms with Gasteiger partial charge in [-0.15, -0.1) is 0 Å². The van der Waals surface area contributed by atoms with Gasteiger partial charge in [0.2, 0.25) is 0 Å². The SMILES string of the molecule is COC(=O)[C@H](Cc1cc(I)c(Oc2cc(I)c(O)c(I)c2)c(I)c1)NC(=O)OC(C)(C)C. The topological polar surface area (TPSA) is 94.1 Å². The number of methoxy groups -OCH3 is 1. The number of benzene rings is 2. The minimum atomic E-state index is -0.895. The molecule has 0 bridgehead atoms. The molecule has 1 atom stereocenters. The van der Waals surface area contributed by atoms with Crippen LogP contribution in [0.2, 0.25) is 0 Å². The molecule has 174 valence electrons. The number of ether oxygens (including phenoxy) is 3. The van der Waals surface area contributed by atoms with E-state index >= 15 is 0 Å². The van der Waals surface area contributed by atoms with Gasteiger partial charge in [0.05, 0.1) is 21.4 Å². The van der Waals surface area contributed by atoms with Gasteiger partial charge < -0.3 is 24.6 Å². The van der Waals surface area contributed by atoms with Crippen LogP contribution in [0.25, 0.3) is 0 Å². The zero-order chi connectivity index (χ0) is 24.2. The molecule has 0 aliphatic heterocycles. The number of carbonyl (C=O) groups is 2. The van der Waals surface area contributed by atoms with Crippen LogP contribution in [0.3, 0.4) is 0 Å². The van der Waals surface area contributed by atoms with Gasteiger partial charge in [-0.05, 0) is 141 Å². The lowest BCUT2D eigenvalue weighted by atomic mass is 10.1. The van der Waals surface area contributed by atoms with Crippen LogP contribution in [0.1, 0.15) is 26.3 Å². The Morgan fingerprint density at radius 1 is 1.00 bits per heavy atom. The van der Waals surface area contributed by atoms with E-state index in [0.717, 1.165) is 12.7 Å². The third kappa shape index (κ3) is 8.18. The quantitative estimate of drug-likeness (QED) is 0.265. The zero-order valence-corrected chi connectivity index (χ0v) is 26.2. The average Bonchev–Trinajstić information content (AvgIpc) is 2.66. The highest BCUT2D eigenvalue weighted by atomic mass is 127. The molecule has 1 amide bonds. The molecule has 0 unspecified atom stereocenters. The number of amides is 1. The molecule has 0 heterocycles. The summed E-state index contributed by atoms with van der Waals surface area (Å²) in [5.41, 5.74) is 0.144. The van der Waals surface area contributed by atoms with Gasteiger partial charge in [0.1, 0.15) is 23.1 Å². The number of hydrogen-bond acceptors (Lipinski definition) is 6. The van der Waals surface area contributed by atoms with E-state index < -0.39 is 23.7 Å². The summed E-state index contributed by atoms with van der Waals surface area (Å²) in [5, 5.41) is 12.6. The Hall–Kier alpha value is -0.300. The van der Waals surface area contributed by atoms with Crippen molar-refractivity contribution in [2.24, 2.45) is 0 Å². The molecular weight excluding hydrogens is 870 g/mol. The van der Waals surface area contributed by atoms with Crippen molar-refractivity contribution in [3.63, 3.8) is 0 Å². The van der Waals surface area contributed by atoms with Crippen molar-refractivity contribution in [1.82, 2.24) is 5.32 Å². The fourth-order valence-corrected chi connectivity index (χ4v) is 6.40. The summed E-state index contributed by atoms with van der Waals surface area (Å²) in [6.45, 7) is 5.25. The van der Waals surface area contributed by atoms with E-state index in [1.807, 2.05) is 12.1 Å². The molecule has 0 saturated heterocycles. The summed E-state index contributed by atoms with van der Waals surface area (Å²) in [5.74, 6) is 0.945. The molecule has 2 aromatic carbocycles. The van der Waals surface area contributed by atoms with Crippen LogP contribution in [-0.2, 0) is 20.7 Å². The smallest absolute Gasteiger partial charge is 0.408 e. The van der Waals surface area contributed by atoms with Crippen LogP contribution in [0.15, 0.2) is 24.3 Å².